The summed E-state index contributed by atoms with van der Waals surface area (Å²) in [6.45, 7) is 1.70. The molecular weight excluding hydrogens is 370 g/mol. The Kier molecular flexibility index (Phi) is 6.29. The number of rotatable bonds is 7. The number of aromatic amines is 1. The van der Waals surface area contributed by atoms with Gasteiger partial charge in [-0.2, -0.15) is 0 Å². The first-order valence-corrected chi connectivity index (χ1v) is 9.27. The maximum Gasteiger partial charge on any atom is 0.337 e. The number of hydrogen-bond acceptors (Lipinski definition) is 4. The average molecular weight is 393 g/mol. The summed E-state index contributed by atoms with van der Waals surface area (Å²) < 4.78 is 4.71. The van der Waals surface area contributed by atoms with Gasteiger partial charge in [-0.05, 0) is 36.2 Å². The topological polar surface area (TPSA) is 91.5 Å². The normalized spacial score (nSPS) is 10.6. The van der Waals surface area contributed by atoms with Crippen LogP contribution in [0, 0.1) is 0 Å². The second-order valence-corrected chi connectivity index (χ2v) is 6.61. The first-order chi connectivity index (χ1) is 14.0. The summed E-state index contributed by atoms with van der Waals surface area (Å²) in [7, 11) is 1.29. The summed E-state index contributed by atoms with van der Waals surface area (Å²) in [4.78, 5) is 40.7. The van der Waals surface area contributed by atoms with Crippen molar-refractivity contribution in [1.29, 1.82) is 0 Å². The predicted molar refractivity (Wildman–Crippen MR) is 111 cm³/mol. The summed E-state index contributed by atoms with van der Waals surface area (Å²) in [5, 5.41) is 3.98. The van der Waals surface area contributed by atoms with Gasteiger partial charge in [0.15, 0.2) is 0 Å². The lowest BCUT2D eigenvalue weighted by molar-refractivity contribution is -0.123. The summed E-state index contributed by atoms with van der Waals surface area (Å²) in [5.41, 5.74) is 2.96. The molecule has 0 bridgehead atoms. The number of ether oxygens (including phenoxy) is 1. The van der Waals surface area contributed by atoms with Crippen LogP contribution in [0.25, 0.3) is 10.9 Å². The zero-order chi connectivity index (χ0) is 20.8. The van der Waals surface area contributed by atoms with Crippen LogP contribution in [0.15, 0.2) is 54.7 Å². The Morgan fingerprint density at radius 2 is 1.90 bits per heavy atom. The number of benzene rings is 2. The molecule has 150 valence electrons. The number of para-hydroxylation sites is 1. The van der Waals surface area contributed by atoms with Crippen molar-refractivity contribution in [2.45, 2.75) is 13.3 Å². The molecule has 2 aromatic carbocycles. The maximum atomic E-state index is 12.4. The fraction of sp³-hybridized carbons (Fsp3) is 0.227. The van der Waals surface area contributed by atoms with Gasteiger partial charge in [0.05, 0.1) is 12.7 Å². The van der Waals surface area contributed by atoms with Crippen LogP contribution in [-0.4, -0.2) is 43.0 Å². The quantitative estimate of drug-likeness (QED) is 0.604. The molecule has 3 aromatic rings. The number of fused-ring (bicyclic) bond motifs is 1. The Morgan fingerprint density at radius 1 is 1.10 bits per heavy atom. The number of anilines is 1. The summed E-state index contributed by atoms with van der Waals surface area (Å²) in [6, 6.07) is 14.4. The van der Waals surface area contributed by atoms with E-state index in [4.69, 9.17) is 4.74 Å². The van der Waals surface area contributed by atoms with Crippen molar-refractivity contribution in [3.63, 3.8) is 0 Å². The van der Waals surface area contributed by atoms with Gasteiger partial charge in [-0.1, -0.05) is 24.3 Å². The molecule has 2 amide bonds. The van der Waals surface area contributed by atoms with Crippen molar-refractivity contribution in [2.24, 2.45) is 0 Å². The van der Waals surface area contributed by atoms with Crippen LogP contribution in [0.4, 0.5) is 5.69 Å². The van der Waals surface area contributed by atoms with Gasteiger partial charge >= 0.3 is 5.97 Å². The minimum Gasteiger partial charge on any atom is -0.465 e. The van der Waals surface area contributed by atoms with Gasteiger partial charge in [-0.3, -0.25) is 9.59 Å². The predicted octanol–water partition coefficient (Wildman–Crippen LogP) is 2.67. The van der Waals surface area contributed by atoms with Crippen molar-refractivity contribution in [3.05, 3.63) is 65.9 Å². The number of esters is 1. The van der Waals surface area contributed by atoms with Gasteiger partial charge < -0.3 is 19.9 Å². The van der Waals surface area contributed by atoms with E-state index in [1.54, 1.807) is 18.2 Å². The maximum absolute atomic E-state index is 12.4. The Labute approximate surface area is 168 Å². The van der Waals surface area contributed by atoms with Crippen LogP contribution in [-0.2, 0) is 20.7 Å². The Bertz CT molecular complexity index is 1040. The van der Waals surface area contributed by atoms with Crippen LogP contribution in [0.1, 0.15) is 22.8 Å². The van der Waals surface area contributed by atoms with Crippen LogP contribution >= 0.6 is 0 Å². The highest BCUT2D eigenvalue weighted by Gasteiger charge is 2.17. The molecule has 2 N–H and O–H groups in total. The Balaban J connectivity index is 1.61. The summed E-state index contributed by atoms with van der Waals surface area (Å²) in [5.74, 6) is -1.07. The highest BCUT2D eigenvalue weighted by molar-refractivity contribution is 5.99. The van der Waals surface area contributed by atoms with E-state index in [0.717, 1.165) is 16.5 Å². The monoisotopic (exact) mass is 393 g/mol. The van der Waals surface area contributed by atoms with Crippen LogP contribution in [0.5, 0.6) is 0 Å². The first-order valence-electron chi connectivity index (χ1n) is 9.27. The minimum atomic E-state index is -0.501. The van der Waals surface area contributed by atoms with Gasteiger partial charge in [-0.25, -0.2) is 4.79 Å². The number of carbonyl (C=O) groups is 3. The molecular formula is C22H23N3O4. The Hall–Kier alpha value is -3.61. The molecule has 7 nitrogen and oxygen atoms in total. The molecule has 29 heavy (non-hydrogen) atoms. The molecule has 1 heterocycles. The third-order valence-corrected chi connectivity index (χ3v) is 4.65. The number of nitrogens with zero attached hydrogens (tertiary/aromatic N) is 1. The number of aromatic nitrogens is 1. The molecule has 0 atom stereocenters. The molecule has 0 unspecified atom stereocenters. The van der Waals surface area contributed by atoms with Crippen molar-refractivity contribution < 1.29 is 19.1 Å². The van der Waals surface area contributed by atoms with Gasteiger partial charge in [0, 0.05) is 36.3 Å². The minimum absolute atomic E-state index is 0.131. The largest absolute Gasteiger partial charge is 0.465 e. The highest BCUT2D eigenvalue weighted by Crippen LogP contribution is 2.18. The van der Waals surface area contributed by atoms with Gasteiger partial charge in [-0.15, -0.1) is 0 Å². The molecule has 0 saturated heterocycles. The molecule has 0 aliphatic heterocycles. The van der Waals surface area contributed by atoms with E-state index in [9.17, 15) is 14.4 Å². The second kappa shape index (κ2) is 9.05. The number of hydrogen-bond donors (Lipinski definition) is 2. The van der Waals surface area contributed by atoms with Crippen LogP contribution in [0.3, 0.4) is 0 Å². The number of amides is 2. The van der Waals surface area contributed by atoms with E-state index in [1.165, 1.54) is 25.0 Å². The zero-order valence-electron chi connectivity index (χ0n) is 16.4. The number of nitrogens with one attached hydrogen (secondary N) is 2. The van der Waals surface area contributed by atoms with E-state index in [2.05, 4.69) is 10.3 Å². The van der Waals surface area contributed by atoms with E-state index >= 15 is 0 Å². The average Bonchev–Trinajstić information content (AvgIpc) is 3.14. The zero-order valence-corrected chi connectivity index (χ0v) is 16.4. The Morgan fingerprint density at radius 3 is 2.66 bits per heavy atom. The van der Waals surface area contributed by atoms with Crippen molar-refractivity contribution in [3.8, 4) is 0 Å². The standard InChI is InChI=1S/C22H23N3O4/c1-15(26)25(18-7-5-6-16(12-18)22(28)29-2)14-21(27)23-11-10-17-13-24-20-9-4-3-8-19(17)20/h3-9,12-13,24H,10-11,14H2,1-2H3,(H,23,27). The van der Waals surface area contributed by atoms with Crippen molar-refractivity contribution in [2.75, 3.05) is 25.1 Å². The molecule has 0 saturated carbocycles. The first kappa shape index (κ1) is 20.1. The lowest BCUT2D eigenvalue weighted by Gasteiger charge is -2.21. The SMILES string of the molecule is COC(=O)c1cccc(N(CC(=O)NCCc2c[nH]c3ccccc23)C(C)=O)c1. The summed E-state index contributed by atoms with van der Waals surface area (Å²) >= 11 is 0. The van der Waals surface area contributed by atoms with Crippen LogP contribution < -0.4 is 10.2 Å². The third-order valence-electron chi connectivity index (χ3n) is 4.65. The molecule has 0 radical (unpaired) electrons. The van der Waals surface area contributed by atoms with Gasteiger partial charge in [0.2, 0.25) is 11.8 Å². The smallest absolute Gasteiger partial charge is 0.337 e. The lowest BCUT2D eigenvalue weighted by atomic mass is 10.1. The molecule has 7 heteroatoms. The molecule has 0 fully saturated rings. The molecule has 3 rings (SSSR count). The van der Waals surface area contributed by atoms with E-state index < -0.39 is 5.97 Å². The van der Waals surface area contributed by atoms with E-state index in [0.29, 0.717) is 24.2 Å². The molecule has 0 spiro atoms. The highest BCUT2D eigenvalue weighted by atomic mass is 16.5. The third kappa shape index (κ3) is 4.82. The van der Waals surface area contributed by atoms with Crippen LogP contribution in [0.2, 0.25) is 0 Å². The molecule has 0 aliphatic carbocycles. The fourth-order valence-corrected chi connectivity index (χ4v) is 3.18. The van der Waals surface area contributed by atoms with E-state index in [-0.39, 0.29) is 18.4 Å². The second-order valence-electron chi connectivity index (χ2n) is 6.61. The molecule has 1 aromatic heterocycles. The summed E-state index contributed by atoms with van der Waals surface area (Å²) in [6.07, 6.45) is 2.62. The lowest BCUT2D eigenvalue weighted by Crippen LogP contribution is -2.40. The van der Waals surface area contributed by atoms with E-state index in [1.807, 2.05) is 30.5 Å². The number of carbonyl (C=O) groups excluding carboxylic acids is 3. The number of H-pyrrole nitrogens is 1. The van der Waals surface area contributed by atoms with Crippen molar-refractivity contribution in [1.82, 2.24) is 10.3 Å². The van der Waals surface area contributed by atoms with Gasteiger partial charge in [0.1, 0.15) is 6.54 Å². The molecule has 0 aliphatic rings. The van der Waals surface area contributed by atoms with Crippen molar-refractivity contribution >= 4 is 34.4 Å². The van der Waals surface area contributed by atoms with Gasteiger partial charge in [0.25, 0.3) is 0 Å². The number of methoxy groups -OCH3 is 1. The fourth-order valence-electron chi connectivity index (χ4n) is 3.18.